The van der Waals surface area contributed by atoms with Crippen LogP contribution in [0, 0.1) is 11.7 Å². The number of ether oxygens (including phenoxy) is 2. The first-order valence-corrected chi connectivity index (χ1v) is 10.5. The standard InChI is InChI=1S/C24H30FNO3/c1-28-23-15-19(16-26-24(27)14-12-18-7-3-2-4-8-18)11-13-22(23)29-17-20-9-5-6-10-21(20)25/h5-6,9-11,13,15,18H,2-4,7-8,12,14,16-17H2,1H3,(H,26,27). The number of hydrogen-bond acceptors (Lipinski definition) is 3. The van der Waals surface area contributed by atoms with Crippen molar-refractivity contribution in [3.8, 4) is 11.5 Å². The van der Waals surface area contributed by atoms with Gasteiger partial charge in [-0.05, 0) is 36.1 Å². The van der Waals surface area contributed by atoms with Crippen molar-refractivity contribution in [3.05, 3.63) is 59.4 Å². The molecule has 1 N–H and O–H groups in total. The van der Waals surface area contributed by atoms with Crippen molar-refractivity contribution in [2.45, 2.75) is 58.1 Å². The molecule has 4 nitrogen and oxygen atoms in total. The van der Waals surface area contributed by atoms with Gasteiger partial charge in [-0.2, -0.15) is 0 Å². The molecule has 2 aromatic rings. The van der Waals surface area contributed by atoms with Crippen LogP contribution in [0.2, 0.25) is 0 Å². The van der Waals surface area contributed by atoms with Gasteiger partial charge < -0.3 is 14.8 Å². The third-order valence-corrected chi connectivity index (χ3v) is 5.56. The molecule has 0 heterocycles. The molecule has 0 bridgehead atoms. The zero-order chi connectivity index (χ0) is 20.5. The number of benzene rings is 2. The molecular formula is C24H30FNO3. The van der Waals surface area contributed by atoms with Crippen LogP contribution in [0.3, 0.4) is 0 Å². The number of nitrogens with one attached hydrogen (secondary N) is 1. The number of halogens is 1. The lowest BCUT2D eigenvalue weighted by molar-refractivity contribution is -0.121. The van der Waals surface area contributed by atoms with Crippen molar-refractivity contribution in [2.24, 2.45) is 5.92 Å². The molecule has 0 radical (unpaired) electrons. The summed E-state index contributed by atoms with van der Waals surface area (Å²) in [4.78, 5) is 12.2. The van der Waals surface area contributed by atoms with Crippen LogP contribution < -0.4 is 14.8 Å². The van der Waals surface area contributed by atoms with Crippen LogP contribution in [0.25, 0.3) is 0 Å². The van der Waals surface area contributed by atoms with Gasteiger partial charge in [0, 0.05) is 18.5 Å². The molecular weight excluding hydrogens is 369 g/mol. The number of amides is 1. The molecule has 1 fully saturated rings. The van der Waals surface area contributed by atoms with Crippen molar-refractivity contribution < 1.29 is 18.7 Å². The minimum absolute atomic E-state index is 0.0921. The maximum Gasteiger partial charge on any atom is 0.220 e. The van der Waals surface area contributed by atoms with E-state index in [4.69, 9.17) is 9.47 Å². The average molecular weight is 400 g/mol. The Balaban J connectivity index is 1.48. The fraction of sp³-hybridized carbons (Fsp3) is 0.458. The van der Waals surface area contributed by atoms with Gasteiger partial charge in [-0.15, -0.1) is 0 Å². The summed E-state index contributed by atoms with van der Waals surface area (Å²) < 4.78 is 24.9. The Morgan fingerprint density at radius 1 is 1.10 bits per heavy atom. The molecule has 5 heteroatoms. The monoisotopic (exact) mass is 399 g/mol. The average Bonchev–Trinajstić information content (AvgIpc) is 2.76. The lowest BCUT2D eigenvalue weighted by atomic mass is 9.86. The van der Waals surface area contributed by atoms with Gasteiger partial charge >= 0.3 is 0 Å². The third kappa shape index (κ3) is 6.48. The fourth-order valence-corrected chi connectivity index (χ4v) is 3.81. The van der Waals surface area contributed by atoms with E-state index < -0.39 is 0 Å². The summed E-state index contributed by atoms with van der Waals surface area (Å²) in [5.41, 5.74) is 1.43. The molecule has 1 aliphatic rings. The summed E-state index contributed by atoms with van der Waals surface area (Å²) in [6.45, 7) is 0.577. The Morgan fingerprint density at radius 2 is 1.90 bits per heavy atom. The minimum Gasteiger partial charge on any atom is -0.493 e. The first kappa shape index (κ1) is 21.2. The van der Waals surface area contributed by atoms with Crippen LogP contribution in [0.4, 0.5) is 4.39 Å². The highest BCUT2D eigenvalue weighted by molar-refractivity contribution is 5.75. The summed E-state index contributed by atoms with van der Waals surface area (Å²) in [5, 5.41) is 2.99. The van der Waals surface area contributed by atoms with E-state index in [2.05, 4.69) is 5.32 Å². The fourth-order valence-electron chi connectivity index (χ4n) is 3.81. The zero-order valence-corrected chi connectivity index (χ0v) is 17.1. The van der Waals surface area contributed by atoms with Gasteiger partial charge in [0.15, 0.2) is 11.5 Å². The molecule has 0 atom stereocenters. The van der Waals surface area contributed by atoms with Crippen LogP contribution in [0.15, 0.2) is 42.5 Å². The lowest BCUT2D eigenvalue weighted by Crippen LogP contribution is -2.23. The molecule has 0 saturated heterocycles. The first-order valence-electron chi connectivity index (χ1n) is 10.5. The molecule has 0 unspecified atom stereocenters. The second kappa shape index (κ2) is 10.8. The van der Waals surface area contributed by atoms with Crippen LogP contribution in [0.5, 0.6) is 11.5 Å². The summed E-state index contributed by atoms with van der Waals surface area (Å²) >= 11 is 0. The Morgan fingerprint density at radius 3 is 2.66 bits per heavy atom. The molecule has 1 amide bonds. The van der Waals surface area contributed by atoms with E-state index in [9.17, 15) is 9.18 Å². The molecule has 1 aliphatic carbocycles. The van der Waals surface area contributed by atoms with Crippen LogP contribution in [-0.4, -0.2) is 13.0 Å². The van der Waals surface area contributed by atoms with Crippen molar-refractivity contribution >= 4 is 5.91 Å². The molecule has 3 rings (SSSR count). The van der Waals surface area contributed by atoms with E-state index in [0.717, 1.165) is 12.0 Å². The van der Waals surface area contributed by atoms with Crippen molar-refractivity contribution in [3.63, 3.8) is 0 Å². The number of carbonyl (C=O) groups is 1. The van der Waals surface area contributed by atoms with Gasteiger partial charge in [-0.1, -0.05) is 56.4 Å². The molecule has 2 aromatic carbocycles. The predicted molar refractivity (Wildman–Crippen MR) is 111 cm³/mol. The van der Waals surface area contributed by atoms with Gasteiger partial charge in [-0.25, -0.2) is 4.39 Å². The van der Waals surface area contributed by atoms with Crippen LogP contribution in [0.1, 0.15) is 56.1 Å². The Kier molecular flexibility index (Phi) is 7.91. The maximum absolute atomic E-state index is 13.7. The maximum atomic E-state index is 13.7. The SMILES string of the molecule is COc1cc(CNC(=O)CCC2CCCCC2)ccc1OCc1ccccc1F. The second-order valence-electron chi connectivity index (χ2n) is 7.68. The highest BCUT2D eigenvalue weighted by Crippen LogP contribution is 2.29. The number of hydrogen-bond donors (Lipinski definition) is 1. The molecule has 29 heavy (non-hydrogen) atoms. The van der Waals surface area contributed by atoms with E-state index >= 15 is 0 Å². The van der Waals surface area contributed by atoms with Gasteiger partial charge in [0.25, 0.3) is 0 Å². The second-order valence-corrected chi connectivity index (χ2v) is 7.68. The Hall–Kier alpha value is -2.56. The molecule has 0 aromatic heterocycles. The summed E-state index contributed by atoms with van der Waals surface area (Å²) in [6, 6.07) is 12.1. The first-order chi connectivity index (χ1) is 14.2. The summed E-state index contributed by atoms with van der Waals surface area (Å²) in [5.74, 6) is 1.62. The summed E-state index contributed by atoms with van der Waals surface area (Å²) in [6.07, 6.45) is 8.04. The van der Waals surface area contributed by atoms with Crippen molar-refractivity contribution in [1.82, 2.24) is 5.32 Å². The van der Waals surface area contributed by atoms with Crippen LogP contribution >= 0.6 is 0 Å². The van der Waals surface area contributed by atoms with Gasteiger partial charge in [-0.3, -0.25) is 4.79 Å². The van der Waals surface area contributed by atoms with E-state index in [1.807, 2.05) is 12.1 Å². The highest BCUT2D eigenvalue weighted by Gasteiger charge is 2.15. The van der Waals surface area contributed by atoms with E-state index in [-0.39, 0.29) is 18.3 Å². The number of carbonyl (C=O) groups excluding carboxylic acids is 1. The minimum atomic E-state index is -0.293. The number of rotatable bonds is 9. The zero-order valence-electron chi connectivity index (χ0n) is 17.1. The highest BCUT2D eigenvalue weighted by atomic mass is 19.1. The smallest absolute Gasteiger partial charge is 0.220 e. The topological polar surface area (TPSA) is 47.6 Å². The van der Waals surface area contributed by atoms with Crippen molar-refractivity contribution in [1.29, 1.82) is 0 Å². The van der Waals surface area contributed by atoms with Gasteiger partial charge in [0.05, 0.1) is 7.11 Å². The van der Waals surface area contributed by atoms with E-state index in [0.29, 0.717) is 35.9 Å². The Bertz CT molecular complexity index is 802. The Labute approximate surface area is 172 Å². The van der Waals surface area contributed by atoms with Gasteiger partial charge in [0.2, 0.25) is 5.91 Å². The van der Waals surface area contributed by atoms with Crippen molar-refractivity contribution in [2.75, 3.05) is 7.11 Å². The normalized spacial score (nSPS) is 14.4. The van der Waals surface area contributed by atoms with Crippen LogP contribution in [-0.2, 0) is 17.9 Å². The largest absolute Gasteiger partial charge is 0.493 e. The molecule has 0 spiro atoms. The quantitative estimate of drug-likeness (QED) is 0.615. The number of methoxy groups -OCH3 is 1. The molecule has 0 aliphatic heterocycles. The van der Waals surface area contributed by atoms with Gasteiger partial charge in [0.1, 0.15) is 12.4 Å². The van der Waals surface area contributed by atoms with E-state index in [1.165, 1.54) is 38.2 Å². The van der Waals surface area contributed by atoms with E-state index in [1.54, 1.807) is 31.4 Å². The lowest BCUT2D eigenvalue weighted by Gasteiger charge is -2.21. The molecule has 156 valence electrons. The third-order valence-electron chi connectivity index (χ3n) is 5.56. The molecule has 1 saturated carbocycles. The summed E-state index contributed by atoms with van der Waals surface area (Å²) in [7, 11) is 1.57. The predicted octanol–water partition coefficient (Wildman–Crippen LogP) is 5.39.